The summed E-state index contributed by atoms with van der Waals surface area (Å²) in [6.07, 6.45) is 66.2. The second kappa shape index (κ2) is 56.2. The number of unbranched alkanes of at least 4 members (excludes halogenated alkanes) is 49. The molecule has 0 heterocycles. The molecule has 0 aliphatic carbocycles. The third-order valence-corrected chi connectivity index (χ3v) is 15.1. The van der Waals surface area contributed by atoms with Crippen LogP contribution >= 0.6 is 0 Å². The van der Waals surface area contributed by atoms with Gasteiger partial charge in [-0.2, -0.15) is 0 Å². The molecule has 0 saturated carbocycles. The topological polar surface area (TPSA) is 110 Å². The van der Waals surface area contributed by atoms with Gasteiger partial charge >= 0.3 is 0 Å². The smallest absolute Gasteiger partial charge is 0.249 e. The van der Waals surface area contributed by atoms with E-state index in [9.17, 15) is 25.2 Å². The fourth-order valence-corrected chi connectivity index (χ4v) is 10.2. The highest BCUT2D eigenvalue weighted by molar-refractivity contribution is 5.80. The average Bonchev–Trinajstić information content (AvgIpc) is 3.33. The summed E-state index contributed by atoms with van der Waals surface area (Å²) in [5.74, 6) is -0.574. The van der Waals surface area contributed by atoms with Gasteiger partial charge in [0, 0.05) is 0 Å². The predicted octanol–water partition coefficient (Wildman–Crippen LogP) is 18.3. The first-order chi connectivity index (χ1) is 33.0. The number of carbonyl (C=O) groups is 1. The van der Waals surface area contributed by atoms with Gasteiger partial charge in [-0.1, -0.05) is 341 Å². The summed E-state index contributed by atoms with van der Waals surface area (Å²) in [5, 5.41) is 44.1. The Labute approximate surface area is 420 Å². The number of aliphatic hydroxyl groups excluding tert-OH is 4. The molecule has 0 rings (SSSR count). The van der Waals surface area contributed by atoms with Crippen LogP contribution in [0.2, 0.25) is 0 Å². The third-order valence-electron chi connectivity index (χ3n) is 15.1. The highest BCUT2D eigenvalue weighted by Crippen LogP contribution is 2.19. The molecule has 5 N–H and O–H groups in total. The number of hydrogen-bond acceptors (Lipinski definition) is 5. The molecule has 0 aromatic rings. The molecule has 6 nitrogen and oxygen atoms in total. The fraction of sp³-hybridized carbons (Fsp3) is 0.984. The zero-order valence-electron chi connectivity index (χ0n) is 45.7. The molecular formula is C61H123NO5. The van der Waals surface area contributed by atoms with E-state index in [0.29, 0.717) is 12.8 Å². The first-order valence-electron chi connectivity index (χ1n) is 30.9. The Morgan fingerprint density at radius 1 is 0.313 bits per heavy atom. The van der Waals surface area contributed by atoms with E-state index in [2.05, 4.69) is 19.2 Å². The van der Waals surface area contributed by atoms with Crippen LogP contribution in [0.5, 0.6) is 0 Å². The standard InChI is InChI=1S/C61H123NO5/c1-3-5-7-9-11-13-15-17-19-21-23-25-27-29-30-31-33-35-37-39-41-43-45-47-49-51-53-55-59(65)61(67)62-57(56-63)60(66)58(64)54-52-50-48-46-44-42-40-38-36-34-32-28-26-24-22-20-18-16-14-12-10-8-6-4-2/h57-60,63-66H,3-56H2,1-2H3,(H,62,67). The molecule has 0 aliphatic rings. The van der Waals surface area contributed by atoms with Crippen molar-refractivity contribution >= 4 is 5.91 Å². The molecule has 0 bridgehead atoms. The number of amides is 1. The van der Waals surface area contributed by atoms with Crippen molar-refractivity contribution in [2.75, 3.05) is 6.61 Å². The van der Waals surface area contributed by atoms with Crippen LogP contribution in [-0.2, 0) is 4.79 Å². The molecule has 402 valence electrons. The minimum absolute atomic E-state index is 0.377. The summed E-state index contributed by atoms with van der Waals surface area (Å²) in [6.45, 7) is 4.11. The van der Waals surface area contributed by atoms with Gasteiger partial charge in [0.15, 0.2) is 0 Å². The summed E-state index contributed by atoms with van der Waals surface area (Å²) >= 11 is 0. The average molecular weight is 951 g/mol. The SMILES string of the molecule is CCCCCCCCCCCCCCCCCCCCCCCCCCCCCC(O)C(=O)NC(CO)C(O)C(O)CCCCCCCCCCCCCCCCCCCCCCCCCC. The molecule has 67 heavy (non-hydrogen) atoms. The maximum absolute atomic E-state index is 12.6. The molecule has 1 amide bonds. The molecule has 0 fully saturated rings. The Kier molecular flexibility index (Phi) is 55.6. The van der Waals surface area contributed by atoms with Gasteiger partial charge in [-0.05, 0) is 12.8 Å². The van der Waals surface area contributed by atoms with Gasteiger partial charge in [-0.15, -0.1) is 0 Å². The zero-order chi connectivity index (χ0) is 48.8. The molecule has 0 aromatic carbocycles. The molecule has 0 aromatic heterocycles. The highest BCUT2D eigenvalue weighted by Gasteiger charge is 2.28. The van der Waals surface area contributed by atoms with Crippen molar-refractivity contribution in [3.05, 3.63) is 0 Å². The molecule has 0 aliphatic heterocycles. The lowest BCUT2D eigenvalue weighted by Gasteiger charge is -2.27. The third kappa shape index (κ3) is 50.1. The Bertz CT molecular complexity index is 933. The maximum Gasteiger partial charge on any atom is 0.249 e. The number of nitrogens with one attached hydrogen (secondary N) is 1. The van der Waals surface area contributed by atoms with Crippen molar-refractivity contribution in [2.45, 2.75) is 379 Å². The van der Waals surface area contributed by atoms with Crippen LogP contribution in [0.1, 0.15) is 354 Å². The second-order valence-electron chi connectivity index (χ2n) is 21.8. The summed E-state index contributed by atoms with van der Waals surface area (Å²) in [6, 6.07) is -0.981. The van der Waals surface area contributed by atoms with Crippen molar-refractivity contribution in [1.82, 2.24) is 5.32 Å². The van der Waals surface area contributed by atoms with Gasteiger partial charge in [-0.25, -0.2) is 0 Å². The summed E-state index contributed by atoms with van der Waals surface area (Å²) in [5.41, 5.74) is 0. The minimum Gasteiger partial charge on any atom is -0.394 e. The molecular weight excluding hydrogens is 827 g/mol. The fourth-order valence-electron chi connectivity index (χ4n) is 10.2. The van der Waals surface area contributed by atoms with Crippen LogP contribution < -0.4 is 5.32 Å². The second-order valence-corrected chi connectivity index (χ2v) is 21.8. The van der Waals surface area contributed by atoms with E-state index in [0.717, 1.165) is 38.5 Å². The van der Waals surface area contributed by atoms with E-state index in [1.807, 2.05) is 0 Å². The maximum atomic E-state index is 12.6. The summed E-state index contributed by atoms with van der Waals surface area (Å²) in [4.78, 5) is 12.6. The lowest BCUT2D eigenvalue weighted by Crippen LogP contribution is -2.53. The van der Waals surface area contributed by atoms with Crippen LogP contribution in [0.3, 0.4) is 0 Å². The molecule has 0 saturated heterocycles. The van der Waals surface area contributed by atoms with Gasteiger partial charge in [-0.3, -0.25) is 4.79 Å². The predicted molar refractivity (Wildman–Crippen MR) is 293 cm³/mol. The van der Waals surface area contributed by atoms with Gasteiger partial charge in [0.05, 0.1) is 18.8 Å². The van der Waals surface area contributed by atoms with Crippen molar-refractivity contribution in [3.8, 4) is 0 Å². The summed E-state index contributed by atoms with van der Waals surface area (Å²) in [7, 11) is 0. The first-order valence-corrected chi connectivity index (χ1v) is 30.9. The quantitative estimate of drug-likeness (QED) is 0.0390. The number of carbonyl (C=O) groups excluding carboxylic acids is 1. The van der Waals surface area contributed by atoms with E-state index in [1.54, 1.807) is 0 Å². The zero-order valence-corrected chi connectivity index (χ0v) is 45.7. The van der Waals surface area contributed by atoms with Crippen LogP contribution in [-0.4, -0.2) is 57.3 Å². The monoisotopic (exact) mass is 950 g/mol. The number of aliphatic hydroxyl groups is 4. The van der Waals surface area contributed by atoms with Gasteiger partial charge in [0.25, 0.3) is 0 Å². The van der Waals surface area contributed by atoms with E-state index < -0.39 is 36.9 Å². The number of hydrogen-bond donors (Lipinski definition) is 5. The molecule has 6 heteroatoms. The minimum atomic E-state index is -1.26. The Morgan fingerprint density at radius 3 is 0.716 bits per heavy atom. The highest BCUT2D eigenvalue weighted by atomic mass is 16.3. The lowest BCUT2D eigenvalue weighted by molar-refractivity contribution is -0.132. The van der Waals surface area contributed by atoms with Crippen LogP contribution in [0, 0.1) is 0 Å². The van der Waals surface area contributed by atoms with Crippen molar-refractivity contribution in [3.63, 3.8) is 0 Å². The van der Waals surface area contributed by atoms with Gasteiger partial charge in [0.2, 0.25) is 5.91 Å². The van der Waals surface area contributed by atoms with E-state index >= 15 is 0 Å². The lowest BCUT2D eigenvalue weighted by atomic mass is 9.99. The van der Waals surface area contributed by atoms with Gasteiger partial charge in [0.1, 0.15) is 12.2 Å². The summed E-state index contributed by atoms with van der Waals surface area (Å²) < 4.78 is 0. The normalized spacial score (nSPS) is 13.6. The molecule has 0 radical (unpaired) electrons. The van der Waals surface area contributed by atoms with Crippen LogP contribution in [0.15, 0.2) is 0 Å². The van der Waals surface area contributed by atoms with Crippen molar-refractivity contribution < 1.29 is 25.2 Å². The van der Waals surface area contributed by atoms with Crippen molar-refractivity contribution in [2.24, 2.45) is 0 Å². The van der Waals surface area contributed by atoms with Crippen LogP contribution in [0.4, 0.5) is 0 Å². The largest absolute Gasteiger partial charge is 0.394 e. The Hall–Kier alpha value is -0.690. The molecule has 4 unspecified atom stereocenters. The Morgan fingerprint density at radius 2 is 0.507 bits per heavy atom. The number of rotatable bonds is 58. The van der Waals surface area contributed by atoms with E-state index in [-0.39, 0.29) is 0 Å². The van der Waals surface area contributed by atoms with E-state index in [4.69, 9.17) is 0 Å². The van der Waals surface area contributed by atoms with Crippen molar-refractivity contribution in [1.29, 1.82) is 0 Å². The van der Waals surface area contributed by atoms with E-state index in [1.165, 1.54) is 289 Å². The molecule has 4 atom stereocenters. The van der Waals surface area contributed by atoms with Gasteiger partial charge < -0.3 is 25.7 Å². The van der Waals surface area contributed by atoms with Crippen LogP contribution in [0.25, 0.3) is 0 Å². The first kappa shape index (κ1) is 66.3. The Balaban J connectivity index is 3.55. The molecule has 0 spiro atoms.